The molecule has 6 nitrogen and oxygen atoms in total. The lowest BCUT2D eigenvalue weighted by atomic mass is 9.54. The van der Waals surface area contributed by atoms with Crippen molar-refractivity contribution in [3.63, 3.8) is 0 Å². The van der Waals surface area contributed by atoms with Crippen LogP contribution in [0.5, 0.6) is 0 Å². The number of hydrogen-bond donors (Lipinski definition) is 1. The van der Waals surface area contributed by atoms with E-state index in [9.17, 15) is 15.8 Å². The number of hydrogen-bond acceptors (Lipinski definition) is 6. The molecule has 3 rings (SSSR count). The molecule has 0 saturated heterocycles. The predicted octanol–water partition coefficient (Wildman–Crippen LogP) is 2.45. The third kappa shape index (κ3) is 2.07. The molecular formula is C18H17N5O. The summed E-state index contributed by atoms with van der Waals surface area (Å²) in [5.41, 5.74) is -0.176. The molecule has 0 bridgehead atoms. The van der Waals surface area contributed by atoms with Gasteiger partial charge < -0.3 is 9.83 Å². The molecule has 3 atom stereocenters. The van der Waals surface area contributed by atoms with E-state index in [0.29, 0.717) is 6.54 Å². The minimum Gasteiger partial charge on any atom is -0.472 e. The van der Waals surface area contributed by atoms with Crippen LogP contribution >= 0.6 is 0 Å². The van der Waals surface area contributed by atoms with Crippen molar-refractivity contribution in [1.29, 1.82) is 21.2 Å². The summed E-state index contributed by atoms with van der Waals surface area (Å²) in [5.74, 6) is -1.48. The molecule has 0 aromatic carbocycles. The number of furan rings is 1. The van der Waals surface area contributed by atoms with E-state index in [2.05, 4.69) is 30.0 Å². The van der Waals surface area contributed by atoms with Crippen molar-refractivity contribution >= 4 is 5.71 Å². The van der Waals surface area contributed by atoms with Gasteiger partial charge in [0.1, 0.15) is 5.92 Å². The molecule has 120 valence electrons. The topological polar surface area (TPSA) is 112 Å². The van der Waals surface area contributed by atoms with E-state index in [-0.39, 0.29) is 11.6 Å². The Morgan fingerprint density at radius 2 is 2.12 bits per heavy atom. The Morgan fingerprint density at radius 1 is 1.38 bits per heavy atom. The van der Waals surface area contributed by atoms with Crippen molar-refractivity contribution in [3.8, 4) is 18.2 Å². The molecule has 1 fully saturated rings. The summed E-state index contributed by atoms with van der Waals surface area (Å²) >= 11 is 0. The third-order valence-corrected chi connectivity index (χ3v) is 5.22. The van der Waals surface area contributed by atoms with Gasteiger partial charge in [0.15, 0.2) is 5.41 Å². The fourth-order valence-electron chi connectivity index (χ4n) is 3.95. The summed E-state index contributed by atoms with van der Waals surface area (Å²) in [4.78, 5) is 2.21. The Labute approximate surface area is 140 Å². The number of likely N-dealkylation sites (N-methyl/N-ethyl adjacent to an activating group) is 1. The highest BCUT2D eigenvalue weighted by Gasteiger charge is 2.57. The molecule has 0 radical (unpaired) electrons. The summed E-state index contributed by atoms with van der Waals surface area (Å²) in [7, 11) is 0. The lowest BCUT2D eigenvalue weighted by molar-refractivity contribution is 0.211. The normalized spacial score (nSPS) is 28.8. The Morgan fingerprint density at radius 3 is 2.67 bits per heavy atom. The van der Waals surface area contributed by atoms with Gasteiger partial charge in [-0.15, -0.1) is 0 Å². The minimum absolute atomic E-state index is 0.117. The average Bonchev–Trinajstić information content (AvgIpc) is 3.14. The Kier molecular flexibility index (Phi) is 3.97. The van der Waals surface area contributed by atoms with Crippen LogP contribution in [-0.4, -0.2) is 30.2 Å². The SMILES string of the molecule is CCN1CC=C2C(C#N)C(=N)C(C#N)(C#N)[C@@H](c3ccoc3)[C@@H]2C1. The maximum atomic E-state index is 9.82. The van der Waals surface area contributed by atoms with Gasteiger partial charge in [0.05, 0.1) is 36.4 Å². The predicted molar refractivity (Wildman–Crippen MR) is 85.6 cm³/mol. The highest BCUT2D eigenvalue weighted by molar-refractivity contribution is 6.00. The van der Waals surface area contributed by atoms with E-state index in [1.807, 2.05) is 6.08 Å². The van der Waals surface area contributed by atoms with Crippen molar-refractivity contribution < 1.29 is 4.42 Å². The first-order chi connectivity index (χ1) is 11.6. The highest BCUT2D eigenvalue weighted by Crippen LogP contribution is 2.53. The number of nitriles is 3. The Bertz CT molecular complexity index is 788. The second kappa shape index (κ2) is 5.96. The fraction of sp³-hybridized carbons (Fsp3) is 0.444. The maximum absolute atomic E-state index is 9.82. The largest absolute Gasteiger partial charge is 0.472 e. The fourth-order valence-corrected chi connectivity index (χ4v) is 3.95. The molecule has 6 heteroatoms. The van der Waals surface area contributed by atoms with Crippen LogP contribution < -0.4 is 0 Å². The smallest absolute Gasteiger partial charge is 0.189 e. The molecule has 1 N–H and O–H groups in total. The zero-order valence-corrected chi connectivity index (χ0v) is 13.4. The number of fused-ring (bicyclic) bond motifs is 1. The molecule has 2 aliphatic rings. The van der Waals surface area contributed by atoms with Crippen LogP contribution in [0.1, 0.15) is 18.4 Å². The van der Waals surface area contributed by atoms with E-state index in [1.165, 1.54) is 12.5 Å². The number of nitrogens with zero attached hydrogens (tertiary/aromatic N) is 4. The molecule has 1 saturated carbocycles. The lowest BCUT2D eigenvalue weighted by Crippen LogP contribution is -2.52. The van der Waals surface area contributed by atoms with Crippen molar-refractivity contribution in [2.45, 2.75) is 12.8 Å². The molecule has 0 spiro atoms. The summed E-state index contributed by atoms with van der Waals surface area (Å²) in [6.45, 7) is 4.28. The van der Waals surface area contributed by atoms with Crippen LogP contribution in [0, 0.1) is 56.7 Å². The van der Waals surface area contributed by atoms with Crippen LogP contribution in [0.15, 0.2) is 34.7 Å². The molecular weight excluding hydrogens is 302 g/mol. The van der Waals surface area contributed by atoms with Gasteiger partial charge in [0, 0.05) is 24.9 Å². The molecule has 0 amide bonds. The second-order valence-electron chi connectivity index (χ2n) is 6.20. The molecule has 2 heterocycles. The van der Waals surface area contributed by atoms with E-state index in [0.717, 1.165) is 24.2 Å². The lowest BCUT2D eigenvalue weighted by Gasteiger charge is -2.47. The first-order valence-electron chi connectivity index (χ1n) is 7.88. The molecule has 1 unspecified atom stereocenters. The summed E-state index contributed by atoms with van der Waals surface area (Å²) in [6, 6.07) is 8.01. The summed E-state index contributed by atoms with van der Waals surface area (Å²) in [6.07, 6.45) is 5.04. The van der Waals surface area contributed by atoms with E-state index >= 15 is 0 Å². The average molecular weight is 319 g/mol. The highest BCUT2D eigenvalue weighted by atomic mass is 16.3. The minimum atomic E-state index is -1.65. The Balaban J connectivity index is 2.23. The maximum Gasteiger partial charge on any atom is 0.189 e. The third-order valence-electron chi connectivity index (χ3n) is 5.22. The van der Waals surface area contributed by atoms with E-state index in [1.54, 1.807) is 6.07 Å². The molecule has 1 aliphatic heterocycles. The first kappa shape index (κ1) is 16.0. The Hall–Kier alpha value is -2.88. The van der Waals surface area contributed by atoms with Gasteiger partial charge in [-0.05, 0) is 23.7 Å². The standard InChI is InChI=1S/C18H17N5O/c1-2-23-5-3-13-14(7-19)17(22)18(10-20,11-21)16(15(13)8-23)12-4-6-24-9-12/h3-4,6,9,14-16,22H,2,5,8H2,1H3/t14?,15-,16+/m1/s1. The first-order valence-corrected chi connectivity index (χ1v) is 7.88. The van der Waals surface area contributed by atoms with Crippen LogP contribution in [0.25, 0.3) is 0 Å². The molecule has 1 aromatic rings. The van der Waals surface area contributed by atoms with Crippen molar-refractivity contribution in [2.75, 3.05) is 19.6 Å². The van der Waals surface area contributed by atoms with Gasteiger partial charge >= 0.3 is 0 Å². The van der Waals surface area contributed by atoms with Crippen LogP contribution in [-0.2, 0) is 0 Å². The quantitative estimate of drug-likeness (QED) is 0.841. The van der Waals surface area contributed by atoms with Gasteiger partial charge in [-0.25, -0.2) is 0 Å². The van der Waals surface area contributed by atoms with Crippen molar-refractivity contribution in [2.24, 2.45) is 17.3 Å². The van der Waals surface area contributed by atoms with E-state index < -0.39 is 17.3 Å². The summed E-state index contributed by atoms with van der Waals surface area (Å²) in [5, 5.41) is 37.7. The number of rotatable bonds is 2. The zero-order valence-electron chi connectivity index (χ0n) is 13.4. The second-order valence-corrected chi connectivity index (χ2v) is 6.20. The number of nitrogens with one attached hydrogen (secondary N) is 1. The molecule has 1 aromatic heterocycles. The zero-order chi connectivity index (χ0) is 17.3. The van der Waals surface area contributed by atoms with Crippen molar-refractivity contribution in [1.82, 2.24) is 4.90 Å². The van der Waals surface area contributed by atoms with Crippen LogP contribution in [0.2, 0.25) is 0 Å². The molecule has 1 aliphatic carbocycles. The molecule has 24 heavy (non-hydrogen) atoms. The summed E-state index contributed by atoms with van der Waals surface area (Å²) < 4.78 is 5.18. The monoisotopic (exact) mass is 319 g/mol. The van der Waals surface area contributed by atoms with Gasteiger partial charge in [-0.1, -0.05) is 13.0 Å². The van der Waals surface area contributed by atoms with Crippen molar-refractivity contribution in [3.05, 3.63) is 35.8 Å². The van der Waals surface area contributed by atoms with Gasteiger partial charge in [-0.2, -0.15) is 15.8 Å². The van der Waals surface area contributed by atoms with E-state index in [4.69, 9.17) is 9.83 Å². The van der Waals surface area contributed by atoms with Gasteiger partial charge in [0.25, 0.3) is 0 Å². The van der Waals surface area contributed by atoms with Crippen LogP contribution in [0.3, 0.4) is 0 Å². The van der Waals surface area contributed by atoms with Crippen LogP contribution in [0.4, 0.5) is 0 Å². The van der Waals surface area contributed by atoms with Gasteiger partial charge in [-0.3, -0.25) is 4.90 Å². The van der Waals surface area contributed by atoms with Gasteiger partial charge in [0.2, 0.25) is 0 Å².